The standard InChI is InChI=1S/C10H10N4O/c11-6-1-2-8-7(5-6)9-12-3-4-14(9)10(15)13-8/h1-2,5,12H,3-4,11H2. The second-order valence-corrected chi connectivity index (χ2v) is 3.60. The van der Waals surface area contributed by atoms with E-state index in [2.05, 4.69) is 10.3 Å². The molecule has 1 aliphatic heterocycles. The van der Waals surface area contributed by atoms with Gasteiger partial charge in [0.2, 0.25) is 0 Å². The monoisotopic (exact) mass is 202 g/mol. The number of nitrogens with one attached hydrogen (secondary N) is 1. The third-order valence-corrected chi connectivity index (χ3v) is 2.62. The van der Waals surface area contributed by atoms with Crippen molar-refractivity contribution >= 4 is 22.4 Å². The van der Waals surface area contributed by atoms with Crippen molar-refractivity contribution in [2.24, 2.45) is 0 Å². The predicted molar refractivity (Wildman–Crippen MR) is 58.9 cm³/mol. The zero-order valence-electron chi connectivity index (χ0n) is 8.03. The van der Waals surface area contributed by atoms with Gasteiger partial charge in [0.1, 0.15) is 5.82 Å². The quantitative estimate of drug-likeness (QED) is 0.607. The van der Waals surface area contributed by atoms with E-state index < -0.39 is 0 Å². The third kappa shape index (κ3) is 1.09. The molecule has 0 atom stereocenters. The van der Waals surface area contributed by atoms with Crippen LogP contribution in [0.5, 0.6) is 0 Å². The number of aromatic nitrogens is 2. The van der Waals surface area contributed by atoms with Crippen molar-refractivity contribution < 1.29 is 0 Å². The van der Waals surface area contributed by atoms with Gasteiger partial charge in [0.25, 0.3) is 0 Å². The first-order valence-corrected chi connectivity index (χ1v) is 4.80. The predicted octanol–water partition coefficient (Wildman–Crippen LogP) is 0.404. The molecule has 0 aliphatic carbocycles. The van der Waals surface area contributed by atoms with Gasteiger partial charge in [0, 0.05) is 24.2 Å². The van der Waals surface area contributed by atoms with Gasteiger partial charge in [-0.05, 0) is 18.2 Å². The molecule has 76 valence electrons. The fourth-order valence-corrected chi connectivity index (χ4v) is 1.93. The van der Waals surface area contributed by atoms with Crippen LogP contribution in [0.15, 0.2) is 23.0 Å². The third-order valence-electron chi connectivity index (χ3n) is 2.62. The van der Waals surface area contributed by atoms with E-state index in [9.17, 15) is 4.79 Å². The van der Waals surface area contributed by atoms with Crippen LogP contribution in [0.4, 0.5) is 11.5 Å². The van der Waals surface area contributed by atoms with Crippen molar-refractivity contribution in [3.63, 3.8) is 0 Å². The summed E-state index contributed by atoms with van der Waals surface area (Å²) in [6.45, 7) is 1.44. The Kier molecular flexibility index (Phi) is 1.50. The van der Waals surface area contributed by atoms with Crippen LogP contribution < -0.4 is 16.7 Å². The maximum Gasteiger partial charge on any atom is 0.349 e. The number of hydrogen-bond donors (Lipinski definition) is 2. The van der Waals surface area contributed by atoms with Gasteiger partial charge >= 0.3 is 5.69 Å². The van der Waals surface area contributed by atoms with Gasteiger partial charge in [-0.2, -0.15) is 4.98 Å². The normalized spacial score (nSPS) is 13.9. The van der Waals surface area contributed by atoms with Crippen LogP contribution in [-0.2, 0) is 6.54 Å². The van der Waals surface area contributed by atoms with Crippen molar-refractivity contribution in [1.29, 1.82) is 0 Å². The Morgan fingerprint density at radius 2 is 2.33 bits per heavy atom. The molecule has 5 nitrogen and oxygen atoms in total. The van der Waals surface area contributed by atoms with Gasteiger partial charge in [0.15, 0.2) is 0 Å². The van der Waals surface area contributed by atoms with Crippen LogP contribution in [0.25, 0.3) is 10.9 Å². The van der Waals surface area contributed by atoms with E-state index in [4.69, 9.17) is 5.73 Å². The first kappa shape index (κ1) is 8.28. The van der Waals surface area contributed by atoms with Crippen LogP contribution in [0.1, 0.15) is 0 Å². The average Bonchev–Trinajstić information content (AvgIpc) is 2.69. The molecule has 1 aromatic carbocycles. The van der Waals surface area contributed by atoms with Crippen molar-refractivity contribution in [2.75, 3.05) is 17.6 Å². The summed E-state index contributed by atoms with van der Waals surface area (Å²) in [5, 5.41) is 4.09. The molecule has 0 radical (unpaired) electrons. The average molecular weight is 202 g/mol. The lowest BCUT2D eigenvalue weighted by molar-refractivity contribution is 0.750. The fraction of sp³-hybridized carbons (Fsp3) is 0.200. The maximum atomic E-state index is 11.6. The van der Waals surface area contributed by atoms with Gasteiger partial charge in [0.05, 0.1) is 5.52 Å². The van der Waals surface area contributed by atoms with E-state index in [1.54, 1.807) is 16.7 Å². The lowest BCUT2D eigenvalue weighted by atomic mass is 10.2. The molecule has 0 saturated carbocycles. The molecule has 3 rings (SSSR count). The first-order chi connectivity index (χ1) is 7.25. The molecule has 0 spiro atoms. The first-order valence-electron chi connectivity index (χ1n) is 4.80. The Labute approximate surface area is 85.5 Å². The maximum absolute atomic E-state index is 11.6. The lowest BCUT2D eigenvalue weighted by Crippen LogP contribution is -2.20. The number of nitrogens with two attached hydrogens (primary N) is 1. The molecular weight excluding hydrogens is 192 g/mol. The smallest absolute Gasteiger partial charge is 0.349 e. The highest BCUT2D eigenvalue weighted by molar-refractivity contribution is 5.91. The van der Waals surface area contributed by atoms with Crippen LogP contribution in [0.3, 0.4) is 0 Å². The summed E-state index contributed by atoms with van der Waals surface area (Å²) >= 11 is 0. The number of benzene rings is 1. The van der Waals surface area contributed by atoms with Crippen LogP contribution in [0, 0.1) is 0 Å². The van der Waals surface area contributed by atoms with Crippen molar-refractivity contribution in [3.05, 3.63) is 28.7 Å². The molecular formula is C10H10N4O. The molecule has 0 amide bonds. The number of nitrogen functional groups attached to an aromatic ring is 1. The largest absolute Gasteiger partial charge is 0.399 e. The Hall–Kier alpha value is -2.04. The Balaban J connectivity index is 2.49. The van der Waals surface area contributed by atoms with Gasteiger partial charge in [-0.15, -0.1) is 0 Å². The minimum atomic E-state index is -0.202. The molecule has 0 fully saturated rings. The van der Waals surface area contributed by atoms with Crippen molar-refractivity contribution in [1.82, 2.24) is 9.55 Å². The summed E-state index contributed by atoms with van der Waals surface area (Å²) in [6.07, 6.45) is 0. The minimum absolute atomic E-state index is 0.202. The number of hydrogen-bond acceptors (Lipinski definition) is 4. The minimum Gasteiger partial charge on any atom is -0.399 e. The summed E-state index contributed by atoms with van der Waals surface area (Å²) in [4.78, 5) is 15.6. The van der Waals surface area contributed by atoms with Crippen LogP contribution in [-0.4, -0.2) is 16.1 Å². The van der Waals surface area contributed by atoms with E-state index in [0.29, 0.717) is 17.7 Å². The van der Waals surface area contributed by atoms with E-state index >= 15 is 0 Å². The van der Waals surface area contributed by atoms with Crippen molar-refractivity contribution in [3.8, 4) is 0 Å². The second kappa shape index (κ2) is 2.73. The summed E-state index contributed by atoms with van der Waals surface area (Å²) in [5.41, 5.74) is 6.88. The Morgan fingerprint density at radius 1 is 1.47 bits per heavy atom. The number of anilines is 2. The van der Waals surface area contributed by atoms with Gasteiger partial charge in [-0.3, -0.25) is 4.57 Å². The summed E-state index contributed by atoms with van der Waals surface area (Å²) in [5.74, 6) is 0.831. The molecule has 2 aromatic rings. The van der Waals surface area contributed by atoms with Crippen molar-refractivity contribution in [2.45, 2.75) is 6.54 Å². The van der Waals surface area contributed by atoms with Crippen LogP contribution in [0.2, 0.25) is 0 Å². The number of fused-ring (bicyclic) bond motifs is 3. The molecule has 2 heterocycles. The topological polar surface area (TPSA) is 72.9 Å². The highest BCUT2D eigenvalue weighted by atomic mass is 16.1. The zero-order chi connectivity index (χ0) is 10.4. The molecule has 1 aliphatic rings. The van der Waals surface area contributed by atoms with Gasteiger partial charge in [-0.25, -0.2) is 4.79 Å². The Bertz CT molecular complexity index is 602. The number of rotatable bonds is 0. The second-order valence-electron chi connectivity index (χ2n) is 3.60. The number of nitrogens with zero attached hydrogens (tertiary/aromatic N) is 2. The van der Waals surface area contributed by atoms with Crippen LogP contribution >= 0.6 is 0 Å². The van der Waals surface area contributed by atoms with E-state index in [1.807, 2.05) is 6.07 Å². The van der Waals surface area contributed by atoms with E-state index in [1.165, 1.54) is 0 Å². The SMILES string of the molecule is Nc1ccc2nc(=O)n3c(c2c1)NCC3. The molecule has 3 N–H and O–H groups in total. The van der Waals surface area contributed by atoms with E-state index in [0.717, 1.165) is 17.7 Å². The van der Waals surface area contributed by atoms with Gasteiger partial charge < -0.3 is 11.1 Å². The molecule has 0 saturated heterocycles. The zero-order valence-corrected chi connectivity index (χ0v) is 8.03. The molecule has 5 heteroatoms. The van der Waals surface area contributed by atoms with E-state index in [-0.39, 0.29) is 5.69 Å². The fourth-order valence-electron chi connectivity index (χ4n) is 1.93. The Morgan fingerprint density at radius 3 is 3.20 bits per heavy atom. The molecule has 15 heavy (non-hydrogen) atoms. The summed E-state index contributed by atoms with van der Waals surface area (Å²) in [7, 11) is 0. The highest BCUT2D eigenvalue weighted by Gasteiger charge is 2.15. The molecule has 0 bridgehead atoms. The van der Waals surface area contributed by atoms with Gasteiger partial charge in [-0.1, -0.05) is 0 Å². The highest BCUT2D eigenvalue weighted by Crippen LogP contribution is 2.24. The summed E-state index contributed by atoms with van der Waals surface area (Å²) < 4.78 is 1.64. The molecule has 1 aromatic heterocycles. The molecule has 0 unspecified atom stereocenters. The summed E-state index contributed by atoms with van der Waals surface area (Å²) in [6, 6.07) is 5.36. The lowest BCUT2D eigenvalue weighted by Gasteiger charge is -2.06.